The number of hydrogen-bond acceptors (Lipinski definition) is 10. The van der Waals surface area contributed by atoms with Crippen molar-refractivity contribution in [2.45, 2.75) is 38.2 Å². The van der Waals surface area contributed by atoms with Crippen LogP contribution in [-0.2, 0) is 19.2 Å². The van der Waals surface area contributed by atoms with Gasteiger partial charge >= 0.3 is 0 Å². The summed E-state index contributed by atoms with van der Waals surface area (Å²) in [6.45, 7) is 3.90. The number of amides is 4. The van der Waals surface area contributed by atoms with Gasteiger partial charge in [-0.3, -0.25) is 28.8 Å². The van der Waals surface area contributed by atoms with E-state index in [1.54, 1.807) is 6.92 Å². The molecule has 14 nitrogen and oxygen atoms in total. The van der Waals surface area contributed by atoms with Gasteiger partial charge in [0.15, 0.2) is 11.6 Å². The summed E-state index contributed by atoms with van der Waals surface area (Å²) in [5, 5.41) is 27.1. The van der Waals surface area contributed by atoms with Crippen molar-refractivity contribution < 1.29 is 28.8 Å². The van der Waals surface area contributed by atoms with Crippen molar-refractivity contribution in [1.29, 1.82) is 0 Å². The van der Waals surface area contributed by atoms with Gasteiger partial charge in [0, 0.05) is 42.8 Å². The minimum atomic E-state index is -1.63. The van der Waals surface area contributed by atoms with Crippen LogP contribution in [0.2, 0.25) is 30.1 Å². The number of nitrogens with one attached hydrogen (secondary N) is 4. The van der Waals surface area contributed by atoms with Crippen LogP contribution in [0.1, 0.15) is 52.4 Å². The van der Waals surface area contributed by atoms with Crippen LogP contribution in [0.15, 0.2) is 111 Å². The smallest absolute Gasteiger partial charge is 0.258 e. The van der Waals surface area contributed by atoms with E-state index in [4.69, 9.17) is 81.2 Å². The predicted molar refractivity (Wildman–Crippen MR) is 248 cm³/mol. The van der Waals surface area contributed by atoms with E-state index >= 15 is 0 Å². The van der Waals surface area contributed by atoms with Crippen LogP contribution in [-0.4, -0.2) is 47.3 Å². The first-order valence-electron chi connectivity index (χ1n) is 18.1. The molecule has 0 saturated carbocycles. The zero-order chi connectivity index (χ0) is 46.1. The number of azo groups is 2. The average Bonchev–Trinajstić information content (AvgIpc) is 3.18. The monoisotopic (exact) mass is 988 g/mol. The van der Waals surface area contributed by atoms with Crippen molar-refractivity contribution in [3.8, 4) is 0 Å². The van der Waals surface area contributed by atoms with Crippen molar-refractivity contribution in [3.63, 3.8) is 0 Å². The molecule has 324 valence electrons. The van der Waals surface area contributed by atoms with Crippen molar-refractivity contribution in [2.75, 3.05) is 21.3 Å². The number of hydrogen-bond donors (Lipinski definition) is 4. The van der Waals surface area contributed by atoms with E-state index in [1.807, 2.05) is 0 Å². The summed E-state index contributed by atoms with van der Waals surface area (Å²) in [6, 6.07) is 18.3. The number of benzene rings is 5. The summed E-state index contributed by atoms with van der Waals surface area (Å²) in [4.78, 5) is 78.0. The molecule has 0 radical (unpaired) electrons. The maximum atomic E-state index is 13.4. The summed E-state index contributed by atoms with van der Waals surface area (Å²) in [6.07, 6.45) is 0. The third kappa shape index (κ3) is 13.5. The zero-order valence-corrected chi connectivity index (χ0v) is 38.1. The van der Waals surface area contributed by atoms with Crippen molar-refractivity contribution in [3.05, 3.63) is 138 Å². The van der Waals surface area contributed by atoms with E-state index in [0.717, 1.165) is 13.8 Å². The number of alkyl halides is 1. The SMILES string of the molecule is CC(=O)C(N=Nc1ccc(Cl)c(C(=O)Nc2cc(Cl)cc(Cl)c2)c1)C(=O)Nc1ccc(NC(=O)C(N=Nc2ccc(Cl)c(C(=O)Nc3cc(Cl)cc(Cl)c3)c2)C(C)=O)c(C(C)Cl)c1. The highest BCUT2D eigenvalue weighted by Crippen LogP contribution is 2.32. The number of Topliss-reactive ketones (excluding diaryl/α,β-unsaturated/α-hetero) is 2. The van der Waals surface area contributed by atoms with Gasteiger partial charge in [-0.25, -0.2) is 0 Å². The van der Waals surface area contributed by atoms with Gasteiger partial charge in [-0.1, -0.05) is 69.6 Å². The summed E-state index contributed by atoms with van der Waals surface area (Å²) < 4.78 is 0. The largest absolute Gasteiger partial charge is 0.324 e. The van der Waals surface area contributed by atoms with Crippen LogP contribution in [0.5, 0.6) is 0 Å². The lowest BCUT2D eigenvalue weighted by Gasteiger charge is -2.17. The lowest BCUT2D eigenvalue weighted by molar-refractivity contribution is -0.127. The van der Waals surface area contributed by atoms with Crippen LogP contribution in [0, 0.1) is 0 Å². The fourth-order valence-electron chi connectivity index (χ4n) is 5.53. The van der Waals surface area contributed by atoms with Crippen LogP contribution in [0.3, 0.4) is 0 Å². The van der Waals surface area contributed by atoms with Crippen LogP contribution in [0.25, 0.3) is 0 Å². The number of nitrogens with zero attached hydrogens (tertiary/aromatic N) is 4. The number of halogens is 7. The molecule has 5 aromatic carbocycles. The molecule has 0 aliphatic heterocycles. The van der Waals surface area contributed by atoms with E-state index in [-0.39, 0.29) is 43.9 Å². The normalized spacial score (nSPS) is 12.7. The Bertz CT molecular complexity index is 2670. The molecule has 0 spiro atoms. The maximum Gasteiger partial charge on any atom is 0.258 e. The van der Waals surface area contributed by atoms with Gasteiger partial charge in [0.1, 0.15) is 0 Å². The summed E-state index contributed by atoms with van der Waals surface area (Å²) in [7, 11) is 0. The molecule has 0 bridgehead atoms. The number of rotatable bonds is 15. The van der Waals surface area contributed by atoms with E-state index < -0.39 is 52.7 Å². The van der Waals surface area contributed by atoms with Crippen LogP contribution in [0.4, 0.5) is 34.1 Å². The minimum Gasteiger partial charge on any atom is -0.324 e. The van der Waals surface area contributed by atoms with E-state index in [0.29, 0.717) is 37.0 Å². The minimum absolute atomic E-state index is 0.0118. The molecular formula is C42H31Cl7N8O6. The summed E-state index contributed by atoms with van der Waals surface area (Å²) >= 11 is 43.2. The Morgan fingerprint density at radius 1 is 0.492 bits per heavy atom. The third-order valence-corrected chi connectivity index (χ3v) is 10.2. The highest BCUT2D eigenvalue weighted by Gasteiger charge is 2.27. The van der Waals surface area contributed by atoms with Gasteiger partial charge < -0.3 is 21.3 Å². The van der Waals surface area contributed by atoms with Crippen molar-refractivity contribution in [1.82, 2.24) is 0 Å². The number of ketones is 2. The fourth-order valence-corrected chi connectivity index (χ4v) is 7.17. The van der Waals surface area contributed by atoms with Gasteiger partial charge in [-0.05, 0) is 117 Å². The molecule has 0 aliphatic rings. The molecule has 0 aromatic heterocycles. The summed E-state index contributed by atoms with van der Waals surface area (Å²) in [5.41, 5.74) is 1.55. The first-order valence-corrected chi connectivity index (χ1v) is 20.8. The number of anilines is 4. The zero-order valence-electron chi connectivity index (χ0n) is 32.8. The standard InChI is InChI=1S/C42H31Cl7N8O6/c1-19(43)31-16-26(50-41(62)37(20(2)58)56-54-27-4-7-34(48)32(17-27)39(60)51-29-12-22(44)10-23(45)13-29)6-9-36(31)53-42(63)38(21(3)59)57-55-28-5-8-35(49)33(18-28)40(61)52-30-14-24(46)11-25(47)15-30/h4-19,37-38H,1-3H3,(H,50,62)(H,51,60)(H,52,61)(H,53,63). The molecule has 4 amide bonds. The molecule has 5 rings (SSSR count). The van der Waals surface area contributed by atoms with Gasteiger partial charge in [0.2, 0.25) is 12.1 Å². The maximum absolute atomic E-state index is 13.4. The Labute approximate surface area is 394 Å². The highest BCUT2D eigenvalue weighted by atomic mass is 35.5. The Balaban J connectivity index is 1.28. The van der Waals surface area contributed by atoms with Crippen molar-refractivity contribution in [2.24, 2.45) is 20.5 Å². The first-order chi connectivity index (χ1) is 29.8. The predicted octanol–water partition coefficient (Wildman–Crippen LogP) is 12.8. The molecule has 0 aliphatic carbocycles. The second-order valence-electron chi connectivity index (χ2n) is 13.4. The first kappa shape index (κ1) is 48.6. The Kier molecular flexibility index (Phi) is 16.8. The highest BCUT2D eigenvalue weighted by molar-refractivity contribution is 6.37. The molecule has 0 heterocycles. The van der Waals surface area contributed by atoms with Gasteiger partial charge in [-0.15, -0.1) is 11.6 Å². The quantitative estimate of drug-likeness (QED) is 0.0457. The number of carbonyl (C=O) groups excluding carboxylic acids is 6. The molecule has 63 heavy (non-hydrogen) atoms. The molecule has 0 saturated heterocycles. The van der Waals surface area contributed by atoms with Crippen LogP contribution >= 0.6 is 81.2 Å². The summed E-state index contributed by atoms with van der Waals surface area (Å²) in [5.74, 6) is -4.25. The van der Waals surface area contributed by atoms with Gasteiger partial charge in [0.05, 0.1) is 37.9 Å². The topological polar surface area (TPSA) is 200 Å². The molecule has 0 fully saturated rings. The molecule has 3 atom stereocenters. The Morgan fingerprint density at radius 2 is 0.905 bits per heavy atom. The molecule has 21 heteroatoms. The van der Waals surface area contributed by atoms with Gasteiger partial charge in [-0.2, -0.15) is 20.5 Å². The second kappa shape index (κ2) is 21.8. The van der Waals surface area contributed by atoms with Crippen molar-refractivity contribution >= 4 is 151 Å². The number of carbonyl (C=O) groups is 6. The Hall–Kier alpha value is -5.45. The van der Waals surface area contributed by atoms with E-state index in [2.05, 4.69) is 41.7 Å². The molecular weight excluding hydrogens is 961 g/mol. The fraction of sp³-hybridized carbons (Fsp3) is 0.143. The average molecular weight is 992 g/mol. The molecule has 5 aromatic rings. The Morgan fingerprint density at radius 3 is 1.30 bits per heavy atom. The third-order valence-electron chi connectivity index (χ3n) is 8.48. The lowest BCUT2D eigenvalue weighted by atomic mass is 10.1. The van der Waals surface area contributed by atoms with Crippen LogP contribution < -0.4 is 21.3 Å². The van der Waals surface area contributed by atoms with Gasteiger partial charge in [0.25, 0.3) is 23.6 Å². The van der Waals surface area contributed by atoms with E-state index in [1.165, 1.54) is 91.0 Å². The molecule has 3 unspecified atom stereocenters. The molecule has 4 N–H and O–H groups in total. The second-order valence-corrected chi connectivity index (χ2v) is 16.6. The lowest BCUT2D eigenvalue weighted by Crippen LogP contribution is -2.32. The van der Waals surface area contributed by atoms with E-state index in [9.17, 15) is 28.8 Å².